The summed E-state index contributed by atoms with van der Waals surface area (Å²) in [5.74, 6) is 0. The highest BCUT2D eigenvalue weighted by Crippen LogP contribution is 2.32. The summed E-state index contributed by atoms with van der Waals surface area (Å²) in [5, 5.41) is 0. The first kappa shape index (κ1) is 12.5. The van der Waals surface area contributed by atoms with Gasteiger partial charge in [-0.25, -0.2) is 9.00 Å². The van der Waals surface area contributed by atoms with Gasteiger partial charge >= 0.3 is 12.2 Å². The molecule has 16 heavy (non-hydrogen) atoms. The van der Waals surface area contributed by atoms with Gasteiger partial charge in [-0.05, 0) is 12.1 Å². The Bertz CT molecular complexity index is 434. The Kier molecular flexibility index (Phi) is 3.53. The van der Waals surface area contributed by atoms with E-state index in [4.69, 9.17) is 0 Å². The zero-order valence-corrected chi connectivity index (χ0v) is 8.56. The third-order valence-corrected chi connectivity index (χ3v) is 2.73. The van der Waals surface area contributed by atoms with Crippen molar-refractivity contribution < 1.29 is 22.2 Å². The maximum Gasteiger partial charge on any atom is 0.417 e. The Labute approximate surface area is 91.2 Å². The molecule has 2 amide bonds. The average Bonchev–Trinajstić information content (AvgIpc) is 2.15. The molecule has 0 saturated heterocycles. The first-order valence-corrected chi connectivity index (χ1v) is 5.11. The van der Waals surface area contributed by atoms with Gasteiger partial charge < -0.3 is 5.73 Å². The normalized spacial score (nSPS) is 13.2. The van der Waals surface area contributed by atoms with Crippen LogP contribution in [0.1, 0.15) is 5.56 Å². The molecule has 1 aromatic carbocycles. The molecule has 1 unspecified atom stereocenters. The number of benzene rings is 1. The smallest absolute Gasteiger partial charge is 0.351 e. The van der Waals surface area contributed by atoms with E-state index in [2.05, 4.69) is 5.73 Å². The molecule has 1 aromatic rings. The number of alkyl halides is 3. The summed E-state index contributed by atoms with van der Waals surface area (Å²) in [7, 11) is -2.32. The Hall–Kier alpha value is -1.57. The van der Waals surface area contributed by atoms with Gasteiger partial charge in [-0.2, -0.15) is 13.2 Å². The molecule has 3 N–H and O–H groups in total. The highest BCUT2D eigenvalue weighted by Gasteiger charge is 2.34. The number of hydrogen-bond donors (Lipinski definition) is 2. The van der Waals surface area contributed by atoms with E-state index in [1.807, 2.05) is 0 Å². The summed E-state index contributed by atoms with van der Waals surface area (Å²) in [6, 6.07) is 3.07. The molecule has 4 nitrogen and oxygen atoms in total. The molecule has 0 fully saturated rings. The number of nitrogens with two attached hydrogens (primary N) is 1. The van der Waals surface area contributed by atoms with E-state index < -0.39 is 33.7 Å². The summed E-state index contributed by atoms with van der Waals surface area (Å²) in [4.78, 5) is 9.85. The second-order valence-corrected chi connectivity index (χ2v) is 3.91. The van der Waals surface area contributed by atoms with Crippen LogP contribution in [-0.2, 0) is 17.2 Å². The number of urea groups is 1. The molecule has 1 rings (SSSR count). The zero-order chi connectivity index (χ0) is 12.3. The molecular formula is C8H7F3N2O2S. The van der Waals surface area contributed by atoms with E-state index in [1.165, 1.54) is 6.07 Å². The summed E-state index contributed by atoms with van der Waals surface area (Å²) < 4.78 is 50.4. The van der Waals surface area contributed by atoms with Crippen LogP contribution >= 0.6 is 0 Å². The van der Waals surface area contributed by atoms with Crippen LogP contribution in [0.25, 0.3) is 0 Å². The molecule has 0 spiro atoms. The Balaban J connectivity index is 3.14. The van der Waals surface area contributed by atoms with Gasteiger partial charge in [0.1, 0.15) is 0 Å². The number of amides is 2. The standard InChI is InChI=1S/C8H7F3N2O2S/c9-8(10,11)5-3-1-2-4-6(5)16(15)13-7(12)14/h1-4H,(H3,12,13,14). The minimum atomic E-state index is -4.63. The van der Waals surface area contributed by atoms with Gasteiger partial charge in [-0.3, -0.25) is 4.72 Å². The van der Waals surface area contributed by atoms with Crippen molar-refractivity contribution in [2.75, 3.05) is 0 Å². The Morgan fingerprint density at radius 2 is 1.88 bits per heavy atom. The molecule has 88 valence electrons. The zero-order valence-electron chi connectivity index (χ0n) is 7.75. The molecule has 0 aliphatic rings. The van der Waals surface area contributed by atoms with Crippen LogP contribution in [0.3, 0.4) is 0 Å². The minimum absolute atomic E-state index is 0.534. The lowest BCUT2D eigenvalue weighted by molar-refractivity contribution is -0.139. The first-order chi connectivity index (χ1) is 7.32. The molecular weight excluding hydrogens is 245 g/mol. The van der Waals surface area contributed by atoms with Crippen LogP contribution in [0.2, 0.25) is 0 Å². The van der Waals surface area contributed by atoms with Gasteiger partial charge in [-0.15, -0.1) is 0 Å². The van der Waals surface area contributed by atoms with E-state index >= 15 is 0 Å². The van der Waals surface area contributed by atoms with Gasteiger partial charge in [0, 0.05) is 0 Å². The fourth-order valence-electron chi connectivity index (χ4n) is 1.01. The van der Waals surface area contributed by atoms with Crippen molar-refractivity contribution in [2.24, 2.45) is 5.73 Å². The van der Waals surface area contributed by atoms with Crippen LogP contribution in [0, 0.1) is 0 Å². The summed E-state index contributed by atoms with van der Waals surface area (Å²) in [6.07, 6.45) is -4.63. The van der Waals surface area contributed by atoms with Crippen molar-refractivity contribution in [3.8, 4) is 0 Å². The second-order valence-electron chi connectivity index (χ2n) is 2.73. The van der Waals surface area contributed by atoms with E-state index in [0.29, 0.717) is 0 Å². The molecule has 8 heteroatoms. The number of rotatable bonds is 2. The lowest BCUT2D eigenvalue weighted by Gasteiger charge is -2.11. The molecule has 0 radical (unpaired) electrons. The van der Waals surface area contributed by atoms with Crippen molar-refractivity contribution in [1.29, 1.82) is 0 Å². The molecule has 1 atom stereocenters. The second kappa shape index (κ2) is 4.52. The van der Waals surface area contributed by atoms with Crippen LogP contribution in [0.4, 0.5) is 18.0 Å². The fourth-order valence-corrected chi connectivity index (χ4v) is 1.89. The molecule has 0 aromatic heterocycles. The summed E-state index contributed by atoms with van der Waals surface area (Å²) >= 11 is 0. The predicted molar refractivity (Wildman–Crippen MR) is 50.6 cm³/mol. The highest BCUT2D eigenvalue weighted by atomic mass is 32.2. The topological polar surface area (TPSA) is 72.2 Å². The van der Waals surface area contributed by atoms with Gasteiger partial charge in [0.25, 0.3) is 0 Å². The van der Waals surface area contributed by atoms with Crippen LogP contribution in [-0.4, -0.2) is 10.2 Å². The molecule has 0 aliphatic heterocycles. The number of primary amides is 1. The SMILES string of the molecule is NC(=O)NS(=O)c1ccccc1C(F)(F)F. The van der Waals surface area contributed by atoms with E-state index in [-0.39, 0.29) is 0 Å². The molecule has 0 bridgehead atoms. The quantitative estimate of drug-likeness (QED) is 0.835. The number of halogens is 3. The number of hydrogen-bond acceptors (Lipinski definition) is 2. The third kappa shape index (κ3) is 2.96. The van der Waals surface area contributed by atoms with Crippen LogP contribution < -0.4 is 10.5 Å². The van der Waals surface area contributed by atoms with Gasteiger partial charge in [0.2, 0.25) is 0 Å². The molecule has 0 heterocycles. The van der Waals surface area contributed by atoms with Crippen LogP contribution in [0.5, 0.6) is 0 Å². The number of nitrogens with one attached hydrogen (secondary N) is 1. The maximum absolute atomic E-state index is 12.5. The predicted octanol–water partition coefficient (Wildman–Crippen LogP) is 1.40. The van der Waals surface area contributed by atoms with E-state index in [9.17, 15) is 22.2 Å². The first-order valence-electron chi connectivity index (χ1n) is 3.96. The van der Waals surface area contributed by atoms with Crippen molar-refractivity contribution in [2.45, 2.75) is 11.1 Å². The highest BCUT2D eigenvalue weighted by molar-refractivity contribution is 7.83. The van der Waals surface area contributed by atoms with Crippen molar-refractivity contribution >= 4 is 17.0 Å². The van der Waals surface area contributed by atoms with Crippen molar-refractivity contribution in [3.63, 3.8) is 0 Å². The lowest BCUT2D eigenvalue weighted by atomic mass is 10.2. The maximum atomic E-state index is 12.5. The lowest BCUT2D eigenvalue weighted by Crippen LogP contribution is -2.31. The van der Waals surface area contributed by atoms with Gasteiger partial charge in [-0.1, -0.05) is 12.1 Å². The third-order valence-electron chi connectivity index (χ3n) is 1.59. The summed E-state index contributed by atoms with van der Waals surface area (Å²) in [5.41, 5.74) is 3.60. The van der Waals surface area contributed by atoms with Crippen molar-refractivity contribution in [1.82, 2.24) is 4.72 Å². The van der Waals surface area contributed by atoms with Gasteiger partial charge in [0.15, 0.2) is 11.0 Å². The van der Waals surface area contributed by atoms with E-state index in [0.717, 1.165) is 18.2 Å². The molecule has 0 aliphatic carbocycles. The Morgan fingerprint density at radius 3 is 2.38 bits per heavy atom. The average molecular weight is 252 g/mol. The van der Waals surface area contributed by atoms with Crippen molar-refractivity contribution in [3.05, 3.63) is 29.8 Å². The Morgan fingerprint density at radius 1 is 1.31 bits per heavy atom. The number of carbonyl (C=O) groups excluding carboxylic acids is 1. The largest absolute Gasteiger partial charge is 0.417 e. The van der Waals surface area contributed by atoms with E-state index in [1.54, 1.807) is 4.72 Å². The fraction of sp³-hybridized carbons (Fsp3) is 0.125. The van der Waals surface area contributed by atoms with Crippen LogP contribution in [0.15, 0.2) is 29.2 Å². The summed E-state index contributed by atoms with van der Waals surface area (Å²) in [6.45, 7) is 0. The monoisotopic (exact) mass is 252 g/mol. The number of carbonyl (C=O) groups is 1. The molecule has 0 saturated carbocycles. The minimum Gasteiger partial charge on any atom is -0.351 e. The van der Waals surface area contributed by atoms with Gasteiger partial charge in [0.05, 0.1) is 10.5 Å².